The molecule has 2 aliphatic rings. The third kappa shape index (κ3) is 3.26. The maximum Gasteiger partial charge on any atom is 0.189 e. The number of hydrogen-bond acceptors (Lipinski definition) is 10. The fourth-order valence-corrected chi connectivity index (χ4v) is 2.44. The van der Waals surface area contributed by atoms with Crippen LogP contribution < -0.4 is 0 Å². The summed E-state index contributed by atoms with van der Waals surface area (Å²) in [7, 11) is 0. The minimum absolute atomic E-state index is 0.628. The predicted molar refractivity (Wildman–Crippen MR) is 67.2 cm³/mol. The molecule has 0 saturated carbocycles. The Hall–Kier alpha value is -0.400. The number of aliphatic hydroxyl groups excluding tert-OH is 7. The molecule has 10 heteroatoms. The van der Waals surface area contributed by atoms with Crippen molar-refractivity contribution in [2.24, 2.45) is 0 Å². The van der Waals surface area contributed by atoms with E-state index in [1.807, 2.05) is 0 Å². The Morgan fingerprint density at radius 1 is 0.727 bits per heavy atom. The van der Waals surface area contributed by atoms with Crippen molar-refractivity contribution in [2.75, 3.05) is 6.61 Å². The van der Waals surface area contributed by atoms with Gasteiger partial charge in [0.25, 0.3) is 0 Å². The van der Waals surface area contributed by atoms with Gasteiger partial charge in [0.2, 0.25) is 0 Å². The van der Waals surface area contributed by atoms with Gasteiger partial charge in [-0.1, -0.05) is 0 Å². The Labute approximate surface area is 126 Å². The zero-order valence-corrected chi connectivity index (χ0v) is 11.8. The van der Waals surface area contributed by atoms with Gasteiger partial charge in [0.15, 0.2) is 12.6 Å². The van der Waals surface area contributed by atoms with E-state index >= 15 is 0 Å². The molecule has 0 spiro atoms. The number of ether oxygens (including phenoxy) is 3. The van der Waals surface area contributed by atoms with Gasteiger partial charge in [-0.25, -0.2) is 0 Å². The first kappa shape index (κ1) is 17.9. The molecule has 0 aromatic carbocycles. The van der Waals surface area contributed by atoms with Crippen molar-refractivity contribution < 1.29 is 50.0 Å². The molecule has 2 heterocycles. The summed E-state index contributed by atoms with van der Waals surface area (Å²) < 4.78 is 15.5. The van der Waals surface area contributed by atoms with Gasteiger partial charge in [-0.3, -0.25) is 0 Å². The minimum atomic E-state index is -1.66. The van der Waals surface area contributed by atoms with Crippen LogP contribution in [0.3, 0.4) is 0 Å². The first-order valence-corrected chi connectivity index (χ1v) is 6.93. The summed E-state index contributed by atoms with van der Waals surface area (Å²) in [4.78, 5) is 0. The zero-order chi connectivity index (χ0) is 16.6. The average molecular weight is 326 g/mol. The number of aliphatic hydroxyl groups is 7. The highest BCUT2D eigenvalue weighted by Crippen LogP contribution is 2.27. The number of rotatable bonds is 3. The molecule has 0 amide bonds. The van der Waals surface area contributed by atoms with Crippen LogP contribution in [0, 0.1) is 0 Å². The lowest BCUT2D eigenvalue weighted by Crippen LogP contribution is -2.63. The second kappa shape index (κ2) is 7.01. The van der Waals surface area contributed by atoms with E-state index in [0.29, 0.717) is 0 Å². The van der Waals surface area contributed by atoms with Gasteiger partial charge in [0, 0.05) is 0 Å². The van der Waals surface area contributed by atoms with Gasteiger partial charge >= 0.3 is 0 Å². The first-order chi connectivity index (χ1) is 10.3. The van der Waals surface area contributed by atoms with Crippen LogP contribution in [0.4, 0.5) is 0 Å². The molecule has 2 saturated heterocycles. The molecular formula is C12H22O10. The third-order valence-corrected chi connectivity index (χ3v) is 3.93. The van der Waals surface area contributed by atoms with E-state index in [1.165, 1.54) is 6.92 Å². The normalized spacial score (nSPS) is 53.5. The van der Waals surface area contributed by atoms with Crippen molar-refractivity contribution in [3.63, 3.8) is 0 Å². The lowest BCUT2D eigenvalue weighted by molar-refractivity contribution is -0.373. The third-order valence-electron chi connectivity index (χ3n) is 3.93. The van der Waals surface area contributed by atoms with Crippen molar-refractivity contribution in [2.45, 2.75) is 68.3 Å². The van der Waals surface area contributed by atoms with Gasteiger partial charge in [-0.05, 0) is 6.92 Å². The van der Waals surface area contributed by atoms with Crippen molar-refractivity contribution in [3.05, 3.63) is 0 Å². The van der Waals surface area contributed by atoms with E-state index in [1.54, 1.807) is 0 Å². The highest BCUT2D eigenvalue weighted by Gasteiger charge is 2.48. The van der Waals surface area contributed by atoms with E-state index in [4.69, 9.17) is 19.3 Å². The Morgan fingerprint density at radius 2 is 1.23 bits per heavy atom. The van der Waals surface area contributed by atoms with E-state index < -0.39 is 68.0 Å². The molecule has 0 bridgehead atoms. The van der Waals surface area contributed by atoms with Gasteiger partial charge in [-0.15, -0.1) is 0 Å². The summed E-state index contributed by atoms with van der Waals surface area (Å²) in [5, 5.41) is 67.3. The summed E-state index contributed by atoms with van der Waals surface area (Å²) in [6, 6.07) is 0. The zero-order valence-electron chi connectivity index (χ0n) is 11.8. The summed E-state index contributed by atoms with van der Waals surface area (Å²) >= 11 is 0. The molecule has 2 aliphatic heterocycles. The van der Waals surface area contributed by atoms with Gasteiger partial charge in [-0.2, -0.15) is 0 Å². The smallest absolute Gasteiger partial charge is 0.189 e. The lowest BCUT2D eigenvalue weighted by Gasteiger charge is -2.44. The van der Waals surface area contributed by atoms with Crippen LogP contribution in [0.25, 0.3) is 0 Å². The SMILES string of the molecule is CC1O[C@H](O[C@H]2OC(CO)[C@@H](O)C(O)[C@H]2O)C(O)[C@@H](O)[C@@H]1O. The van der Waals surface area contributed by atoms with Crippen LogP contribution in [-0.4, -0.2) is 104 Å². The van der Waals surface area contributed by atoms with E-state index in [9.17, 15) is 30.6 Å². The van der Waals surface area contributed by atoms with Crippen LogP contribution in [-0.2, 0) is 14.2 Å². The van der Waals surface area contributed by atoms with Crippen molar-refractivity contribution in [1.29, 1.82) is 0 Å². The van der Waals surface area contributed by atoms with E-state index in [0.717, 1.165) is 0 Å². The maximum absolute atomic E-state index is 9.83. The summed E-state index contributed by atoms with van der Waals surface area (Å²) in [6.45, 7) is 0.819. The second-order valence-electron chi connectivity index (χ2n) is 5.51. The molecule has 10 nitrogen and oxygen atoms in total. The monoisotopic (exact) mass is 326 g/mol. The molecular weight excluding hydrogens is 304 g/mol. The molecule has 0 aromatic rings. The van der Waals surface area contributed by atoms with E-state index in [-0.39, 0.29) is 0 Å². The lowest BCUT2D eigenvalue weighted by atomic mass is 9.98. The average Bonchev–Trinajstić information content (AvgIpc) is 2.50. The molecule has 0 aliphatic carbocycles. The number of hydrogen-bond donors (Lipinski definition) is 7. The Morgan fingerprint density at radius 3 is 1.77 bits per heavy atom. The van der Waals surface area contributed by atoms with Crippen molar-refractivity contribution in [3.8, 4) is 0 Å². The molecule has 0 radical (unpaired) electrons. The van der Waals surface area contributed by atoms with E-state index in [2.05, 4.69) is 0 Å². The maximum atomic E-state index is 9.83. The van der Waals surface area contributed by atoms with Crippen LogP contribution in [0.5, 0.6) is 0 Å². The summed E-state index contributed by atoms with van der Waals surface area (Å²) in [5.74, 6) is 0. The second-order valence-corrected chi connectivity index (χ2v) is 5.51. The Bertz CT molecular complexity index is 366. The molecule has 2 fully saturated rings. The molecule has 0 aromatic heterocycles. The molecule has 4 unspecified atom stereocenters. The minimum Gasteiger partial charge on any atom is -0.394 e. The molecule has 7 N–H and O–H groups in total. The Kier molecular flexibility index (Phi) is 5.72. The largest absolute Gasteiger partial charge is 0.394 e. The summed E-state index contributed by atoms with van der Waals surface area (Å²) in [5.41, 5.74) is 0. The molecule has 130 valence electrons. The highest BCUT2D eigenvalue weighted by atomic mass is 16.8. The van der Waals surface area contributed by atoms with Gasteiger partial charge < -0.3 is 50.0 Å². The molecule has 2 rings (SSSR count). The van der Waals surface area contributed by atoms with Crippen molar-refractivity contribution >= 4 is 0 Å². The summed E-state index contributed by atoms with van der Waals surface area (Å²) in [6.07, 6.45) is -14.3. The highest BCUT2D eigenvalue weighted by molar-refractivity contribution is 4.91. The molecule has 10 atom stereocenters. The standard InChI is InChI=1S/C12H22O10/c1-3-5(14)7(16)9(18)11(20-3)22-12-10(19)8(17)6(15)4(2-13)21-12/h3-19H,2H2,1H3/t3?,4?,5-,6-,7+,8?,9?,10-,11-,12-/m1/s1. The van der Waals surface area contributed by atoms with Crippen LogP contribution in [0.1, 0.15) is 6.92 Å². The predicted octanol–water partition coefficient (Wildman–Crippen LogP) is -4.37. The van der Waals surface area contributed by atoms with Crippen LogP contribution in [0.15, 0.2) is 0 Å². The van der Waals surface area contributed by atoms with Gasteiger partial charge in [0.1, 0.15) is 42.7 Å². The van der Waals surface area contributed by atoms with Gasteiger partial charge in [0.05, 0.1) is 12.7 Å². The Balaban J connectivity index is 2.05. The quantitative estimate of drug-likeness (QED) is 0.269. The first-order valence-electron chi connectivity index (χ1n) is 6.93. The van der Waals surface area contributed by atoms with Crippen molar-refractivity contribution in [1.82, 2.24) is 0 Å². The van der Waals surface area contributed by atoms with Crippen LogP contribution >= 0.6 is 0 Å². The molecule has 22 heavy (non-hydrogen) atoms. The van der Waals surface area contributed by atoms with Crippen LogP contribution in [0.2, 0.25) is 0 Å². The fraction of sp³-hybridized carbons (Fsp3) is 1.00. The topological polar surface area (TPSA) is 169 Å². The fourth-order valence-electron chi connectivity index (χ4n) is 2.44.